The van der Waals surface area contributed by atoms with E-state index in [1.807, 2.05) is 25.3 Å². The van der Waals surface area contributed by atoms with Gasteiger partial charge in [0.05, 0.1) is 0 Å². The Morgan fingerprint density at radius 2 is 2.22 bits per heavy atom. The van der Waals surface area contributed by atoms with Crippen LogP contribution in [0.4, 0.5) is 0 Å². The first-order chi connectivity index (χ1) is 11.2. The first kappa shape index (κ1) is 18.0. The third kappa shape index (κ3) is 6.36. The predicted octanol–water partition coefficient (Wildman–Crippen LogP) is 2.65. The predicted molar refractivity (Wildman–Crippen MR) is 95.1 cm³/mol. The van der Waals surface area contributed by atoms with E-state index in [0.717, 1.165) is 50.7 Å². The van der Waals surface area contributed by atoms with Crippen molar-refractivity contribution in [2.75, 3.05) is 33.4 Å². The molecule has 1 saturated carbocycles. The van der Waals surface area contributed by atoms with Gasteiger partial charge in [-0.15, -0.1) is 0 Å². The number of nitrogens with one attached hydrogen (secondary N) is 2. The van der Waals surface area contributed by atoms with Crippen LogP contribution in [-0.4, -0.2) is 44.3 Å². The smallest absolute Gasteiger partial charge is 0.191 e. The Kier molecular flexibility index (Phi) is 7.12. The monoisotopic (exact) mass is 338 g/mol. The number of hydrogen-bond acceptors (Lipinski definition) is 3. The molecule has 0 aliphatic heterocycles. The summed E-state index contributed by atoms with van der Waals surface area (Å²) in [5.41, 5.74) is 1.57. The molecular weight excluding hydrogens is 312 g/mol. The highest BCUT2D eigenvalue weighted by molar-refractivity contribution is 6.29. The Labute approximate surface area is 143 Å². The van der Waals surface area contributed by atoms with Crippen LogP contribution in [0.15, 0.2) is 23.3 Å². The van der Waals surface area contributed by atoms with Crippen molar-refractivity contribution in [3.8, 4) is 0 Å². The zero-order valence-electron chi connectivity index (χ0n) is 14.1. The van der Waals surface area contributed by atoms with Crippen molar-refractivity contribution in [3.05, 3.63) is 29.0 Å². The van der Waals surface area contributed by atoms with Crippen molar-refractivity contribution in [2.24, 2.45) is 10.4 Å². The summed E-state index contributed by atoms with van der Waals surface area (Å²) in [4.78, 5) is 8.38. The van der Waals surface area contributed by atoms with E-state index in [-0.39, 0.29) is 0 Å². The van der Waals surface area contributed by atoms with Crippen molar-refractivity contribution < 1.29 is 4.74 Å². The molecule has 0 atom stereocenters. The van der Waals surface area contributed by atoms with Crippen LogP contribution in [0.5, 0.6) is 0 Å². The van der Waals surface area contributed by atoms with Gasteiger partial charge in [0.2, 0.25) is 0 Å². The number of halogens is 1. The summed E-state index contributed by atoms with van der Waals surface area (Å²) in [5.74, 6) is 0.856. The van der Waals surface area contributed by atoms with Crippen molar-refractivity contribution in [1.29, 1.82) is 0 Å². The standard InChI is InChI=1S/C17H27ClN4O/c1-3-23-11-9-17(7-8-17)13-22-16(19-2)20-10-6-14-4-5-15(18)21-12-14/h4-5,12H,3,6-11,13H2,1-2H3,(H2,19,20,22). The van der Waals surface area contributed by atoms with Gasteiger partial charge in [-0.25, -0.2) is 4.98 Å². The Hall–Kier alpha value is -1.33. The van der Waals surface area contributed by atoms with Crippen molar-refractivity contribution >= 4 is 17.6 Å². The fourth-order valence-electron chi connectivity index (χ4n) is 2.50. The van der Waals surface area contributed by atoms with Crippen LogP contribution in [0.2, 0.25) is 5.15 Å². The van der Waals surface area contributed by atoms with Crippen molar-refractivity contribution in [3.63, 3.8) is 0 Å². The lowest BCUT2D eigenvalue weighted by atomic mass is 10.0. The summed E-state index contributed by atoms with van der Waals surface area (Å²) in [6.45, 7) is 5.47. The lowest BCUT2D eigenvalue weighted by molar-refractivity contribution is 0.128. The SMILES string of the molecule is CCOCCC1(CNC(=NC)NCCc2ccc(Cl)nc2)CC1. The van der Waals surface area contributed by atoms with Crippen LogP contribution >= 0.6 is 11.6 Å². The number of nitrogens with zero attached hydrogens (tertiary/aromatic N) is 2. The average Bonchev–Trinajstić information content (AvgIpc) is 3.33. The summed E-state index contributed by atoms with van der Waals surface area (Å²) in [6, 6.07) is 3.82. The summed E-state index contributed by atoms with van der Waals surface area (Å²) in [7, 11) is 1.80. The van der Waals surface area contributed by atoms with Gasteiger partial charge in [0.25, 0.3) is 0 Å². The van der Waals surface area contributed by atoms with Crippen LogP contribution in [-0.2, 0) is 11.2 Å². The third-order valence-electron chi connectivity index (χ3n) is 4.29. The molecule has 0 unspecified atom stereocenters. The second-order valence-electron chi connectivity index (χ2n) is 6.04. The molecule has 1 heterocycles. The van der Waals surface area contributed by atoms with Gasteiger partial charge in [0.15, 0.2) is 5.96 Å². The zero-order valence-corrected chi connectivity index (χ0v) is 14.8. The van der Waals surface area contributed by atoms with Crippen LogP contribution in [0.3, 0.4) is 0 Å². The second kappa shape index (κ2) is 9.08. The van der Waals surface area contributed by atoms with E-state index in [1.54, 1.807) is 7.05 Å². The quantitative estimate of drug-likeness (QED) is 0.314. The maximum absolute atomic E-state index is 5.79. The highest BCUT2D eigenvalue weighted by atomic mass is 35.5. The molecule has 0 aromatic carbocycles. The van der Waals surface area contributed by atoms with Gasteiger partial charge in [0, 0.05) is 39.5 Å². The van der Waals surface area contributed by atoms with Gasteiger partial charge in [0.1, 0.15) is 5.15 Å². The normalized spacial score (nSPS) is 16.2. The van der Waals surface area contributed by atoms with Crippen LogP contribution in [0, 0.1) is 5.41 Å². The molecule has 2 N–H and O–H groups in total. The van der Waals surface area contributed by atoms with Gasteiger partial charge in [-0.05, 0) is 49.7 Å². The Bertz CT molecular complexity index is 500. The molecule has 2 rings (SSSR count). The molecule has 1 aliphatic rings. The molecule has 1 aliphatic carbocycles. The molecule has 1 aromatic heterocycles. The Morgan fingerprint density at radius 3 is 2.83 bits per heavy atom. The first-order valence-corrected chi connectivity index (χ1v) is 8.68. The number of guanidine groups is 1. The Morgan fingerprint density at radius 1 is 1.39 bits per heavy atom. The molecular formula is C17H27ClN4O. The van der Waals surface area contributed by atoms with E-state index in [4.69, 9.17) is 16.3 Å². The van der Waals surface area contributed by atoms with Crippen LogP contribution in [0.25, 0.3) is 0 Å². The van der Waals surface area contributed by atoms with Crippen molar-refractivity contribution in [2.45, 2.75) is 32.6 Å². The molecule has 6 heteroatoms. The molecule has 0 amide bonds. The summed E-state index contributed by atoms with van der Waals surface area (Å²) >= 11 is 5.79. The third-order valence-corrected chi connectivity index (χ3v) is 4.51. The summed E-state index contributed by atoms with van der Waals surface area (Å²) in [6.07, 6.45) is 6.38. The molecule has 0 spiro atoms. The topological polar surface area (TPSA) is 58.5 Å². The fraction of sp³-hybridized carbons (Fsp3) is 0.647. The Balaban J connectivity index is 1.66. The summed E-state index contributed by atoms with van der Waals surface area (Å²) in [5, 5.41) is 7.32. The molecule has 1 fully saturated rings. The maximum Gasteiger partial charge on any atom is 0.191 e. The molecule has 23 heavy (non-hydrogen) atoms. The van der Waals surface area contributed by atoms with E-state index < -0.39 is 0 Å². The molecule has 1 aromatic rings. The number of rotatable bonds is 9. The number of hydrogen-bond donors (Lipinski definition) is 2. The van der Waals surface area contributed by atoms with Gasteiger partial charge in [-0.3, -0.25) is 4.99 Å². The van der Waals surface area contributed by atoms with E-state index in [2.05, 4.69) is 20.6 Å². The minimum Gasteiger partial charge on any atom is -0.382 e. The molecule has 0 bridgehead atoms. The maximum atomic E-state index is 5.79. The minimum atomic E-state index is 0.410. The number of ether oxygens (including phenoxy) is 1. The average molecular weight is 339 g/mol. The largest absolute Gasteiger partial charge is 0.382 e. The van der Waals surface area contributed by atoms with Gasteiger partial charge >= 0.3 is 0 Å². The zero-order chi connectivity index (χ0) is 16.5. The van der Waals surface area contributed by atoms with Crippen molar-refractivity contribution in [1.82, 2.24) is 15.6 Å². The van der Waals surface area contributed by atoms with Gasteiger partial charge in [-0.1, -0.05) is 17.7 Å². The molecule has 128 valence electrons. The minimum absolute atomic E-state index is 0.410. The molecule has 0 saturated heterocycles. The summed E-state index contributed by atoms with van der Waals surface area (Å²) < 4.78 is 5.48. The first-order valence-electron chi connectivity index (χ1n) is 8.30. The van der Waals surface area contributed by atoms with E-state index in [9.17, 15) is 0 Å². The van der Waals surface area contributed by atoms with Crippen LogP contribution in [0.1, 0.15) is 31.7 Å². The fourth-order valence-corrected chi connectivity index (χ4v) is 2.61. The highest BCUT2D eigenvalue weighted by Crippen LogP contribution is 2.48. The van der Waals surface area contributed by atoms with E-state index in [1.165, 1.54) is 12.8 Å². The van der Waals surface area contributed by atoms with Gasteiger partial charge in [-0.2, -0.15) is 0 Å². The molecule has 5 nitrogen and oxygen atoms in total. The highest BCUT2D eigenvalue weighted by Gasteiger charge is 2.41. The van der Waals surface area contributed by atoms with E-state index in [0.29, 0.717) is 10.6 Å². The van der Waals surface area contributed by atoms with E-state index >= 15 is 0 Å². The molecule has 0 radical (unpaired) electrons. The van der Waals surface area contributed by atoms with Crippen LogP contribution < -0.4 is 10.6 Å². The lowest BCUT2D eigenvalue weighted by Crippen LogP contribution is -2.41. The number of pyridine rings is 1. The lowest BCUT2D eigenvalue weighted by Gasteiger charge is -2.18. The van der Waals surface area contributed by atoms with Gasteiger partial charge < -0.3 is 15.4 Å². The second-order valence-corrected chi connectivity index (χ2v) is 6.43. The number of aromatic nitrogens is 1. The number of aliphatic imine (C=N–C) groups is 1.